The van der Waals surface area contributed by atoms with Crippen molar-refractivity contribution in [3.8, 4) is 0 Å². The first kappa shape index (κ1) is 10.8. The van der Waals surface area contributed by atoms with Crippen LogP contribution in [0.5, 0.6) is 0 Å². The Morgan fingerprint density at radius 2 is 1.94 bits per heavy atom. The number of fused-ring (bicyclic) bond motifs is 1. The molecule has 0 radical (unpaired) electrons. The van der Waals surface area contributed by atoms with Crippen LogP contribution in [0.1, 0.15) is 24.0 Å². The van der Waals surface area contributed by atoms with Crippen molar-refractivity contribution < 1.29 is 4.79 Å². The molecule has 2 atom stereocenters. The first-order valence-electron chi connectivity index (χ1n) is 6.38. The minimum atomic E-state index is -0.257. The molecule has 3 rings (SSSR count). The van der Waals surface area contributed by atoms with Crippen molar-refractivity contribution in [2.24, 2.45) is 5.73 Å². The summed E-state index contributed by atoms with van der Waals surface area (Å²) in [6.07, 6.45) is 3.97. The van der Waals surface area contributed by atoms with Crippen molar-refractivity contribution in [2.45, 2.75) is 37.8 Å². The second kappa shape index (κ2) is 4.15. The normalized spacial score (nSPS) is 28.3. The Balaban J connectivity index is 1.78. The monoisotopic (exact) mass is 230 g/mol. The lowest BCUT2D eigenvalue weighted by molar-refractivity contribution is -0.130. The molecule has 1 aliphatic heterocycles. The van der Waals surface area contributed by atoms with Gasteiger partial charge in [0.15, 0.2) is 0 Å². The van der Waals surface area contributed by atoms with Gasteiger partial charge in [-0.25, -0.2) is 0 Å². The highest BCUT2D eigenvalue weighted by atomic mass is 16.2. The Morgan fingerprint density at radius 1 is 1.18 bits per heavy atom. The minimum absolute atomic E-state index is 0.148. The highest BCUT2D eigenvalue weighted by Gasteiger charge is 2.34. The van der Waals surface area contributed by atoms with E-state index in [1.165, 1.54) is 11.1 Å². The van der Waals surface area contributed by atoms with E-state index in [4.69, 9.17) is 5.73 Å². The molecule has 0 bridgehead atoms. The molecule has 0 aromatic heterocycles. The van der Waals surface area contributed by atoms with E-state index in [9.17, 15) is 4.79 Å². The van der Waals surface area contributed by atoms with Crippen molar-refractivity contribution in [3.63, 3.8) is 0 Å². The molecule has 0 spiro atoms. The number of carbonyl (C=O) groups is 1. The lowest BCUT2D eigenvalue weighted by Crippen LogP contribution is -2.43. The summed E-state index contributed by atoms with van der Waals surface area (Å²) in [5.74, 6) is 0.148. The summed E-state index contributed by atoms with van der Waals surface area (Å²) < 4.78 is 0. The number of hydrogen-bond donors (Lipinski definition) is 1. The summed E-state index contributed by atoms with van der Waals surface area (Å²) >= 11 is 0. The van der Waals surface area contributed by atoms with Crippen LogP contribution in [0.25, 0.3) is 0 Å². The summed E-state index contributed by atoms with van der Waals surface area (Å²) in [7, 11) is 0. The number of hydrogen-bond acceptors (Lipinski definition) is 2. The molecule has 2 N–H and O–H groups in total. The highest BCUT2D eigenvalue weighted by molar-refractivity contribution is 5.84. The maximum atomic E-state index is 11.9. The van der Waals surface area contributed by atoms with Crippen molar-refractivity contribution in [1.82, 2.24) is 4.90 Å². The Morgan fingerprint density at radius 3 is 2.65 bits per heavy atom. The summed E-state index contributed by atoms with van der Waals surface area (Å²) in [6, 6.07) is 8.66. The standard InChI is InChI=1S/C14H18N2O/c15-13-7-8-16(14(13)17)12-6-5-10-3-1-2-4-11(10)9-12/h1-4,12-13H,5-9,15H2. The summed E-state index contributed by atoms with van der Waals surface area (Å²) in [5, 5.41) is 0. The van der Waals surface area contributed by atoms with Gasteiger partial charge in [-0.2, -0.15) is 0 Å². The first-order chi connectivity index (χ1) is 8.25. The molecular weight excluding hydrogens is 212 g/mol. The van der Waals surface area contributed by atoms with Crippen LogP contribution in [0.2, 0.25) is 0 Å². The zero-order valence-electron chi connectivity index (χ0n) is 9.93. The molecular formula is C14H18N2O. The number of likely N-dealkylation sites (tertiary alicyclic amines) is 1. The van der Waals surface area contributed by atoms with Crippen molar-refractivity contribution in [2.75, 3.05) is 6.54 Å². The van der Waals surface area contributed by atoms with Gasteiger partial charge in [0.25, 0.3) is 0 Å². The van der Waals surface area contributed by atoms with Gasteiger partial charge in [0.1, 0.15) is 0 Å². The Labute approximate surface area is 102 Å². The smallest absolute Gasteiger partial charge is 0.239 e. The molecule has 1 fully saturated rings. The number of carbonyl (C=O) groups excluding carboxylic acids is 1. The Hall–Kier alpha value is -1.35. The lowest BCUT2D eigenvalue weighted by atomic mass is 9.87. The summed E-state index contributed by atoms with van der Waals surface area (Å²) in [4.78, 5) is 13.9. The molecule has 2 aliphatic rings. The number of nitrogens with zero attached hydrogens (tertiary/aromatic N) is 1. The van der Waals surface area contributed by atoms with Crippen LogP contribution >= 0.6 is 0 Å². The van der Waals surface area contributed by atoms with E-state index in [-0.39, 0.29) is 11.9 Å². The fourth-order valence-corrected chi connectivity index (χ4v) is 3.03. The van der Waals surface area contributed by atoms with Crippen LogP contribution in [0.4, 0.5) is 0 Å². The van der Waals surface area contributed by atoms with E-state index < -0.39 is 0 Å². The van der Waals surface area contributed by atoms with Crippen molar-refractivity contribution >= 4 is 5.91 Å². The number of nitrogens with two attached hydrogens (primary N) is 1. The molecule has 0 saturated carbocycles. The van der Waals surface area contributed by atoms with Crippen molar-refractivity contribution in [3.05, 3.63) is 35.4 Å². The molecule has 1 amide bonds. The Bertz CT molecular complexity index is 444. The summed E-state index contributed by atoms with van der Waals surface area (Å²) in [5.41, 5.74) is 8.62. The number of rotatable bonds is 1. The van der Waals surface area contributed by atoms with Crippen LogP contribution in [-0.4, -0.2) is 29.4 Å². The van der Waals surface area contributed by atoms with Gasteiger partial charge in [-0.15, -0.1) is 0 Å². The number of aryl methyl sites for hydroxylation is 1. The van der Waals surface area contributed by atoms with Gasteiger partial charge >= 0.3 is 0 Å². The molecule has 90 valence electrons. The lowest BCUT2D eigenvalue weighted by Gasteiger charge is -2.32. The van der Waals surface area contributed by atoms with Crippen LogP contribution < -0.4 is 5.73 Å². The predicted octanol–water partition coefficient (Wildman–Crippen LogP) is 1.10. The molecule has 1 aromatic rings. The first-order valence-corrected chi connectivity index (χ1v) is 6.38. The van der Waals surface area contributed by atoms with Gasteiger partial charge in [-0.1, -0.05) is 24.3 Å². The highest BCUT2D eigenvalue weighted by Crippen LogP contribution is 2.26. The van der Waals surface area contributed by atoms with E-state index in [0.717, 1.165) is 32.2 Å². The largest absolute Gasteiger partial charge is 0.338 e. The van der Waals surface area contributed by atoms with E-state index in [1.54, 1.807) is 0 Å². The topological polar surface area (TPSA) is 46.3 Å². The average molecular weight is 230 g/mol. The third kappa shape index (κ3) is 1.84. The molecule has 3 nitrogen and oxygen atoms in total. The molecule has 3 heteroatoms. The number of benzene rings is 1. The SMILES string of the molecule is NC1CCN(C2CCc3ccccc3C2)C1=O. The van der Waals surface area contributed by atoms with Crippen LogP contribution in [-0.2, 0) is 17.6 Å². The van der Waals surface area contributed by atoms with Crippen molar-refractivity contribution in [1.29, 1.82) is 0 Å². The third-order valence-electron chi connectivity index (χ3n) is 4.04. The zero-order valence-corrected chi connectivity index (χ0v) is 9.93. The van der Waals surface area contributed by atoms with Crippen LogP contribution in [0, 0.1) is 0 Å². The quantitative estimate of drug-likeness (QED) is 0.785. The van der Waals surface area contributed by atoms with Gasteiger partial charge < -0.3 is 10.6 Å². The molecule has 17 heavy (non-hydrogen) atoms. The van der Waals surface area contributed by atoms with Gasteiger partial charge in [0.2, 0.25) is 5.91 Å². The zero-order chi connectivity index (χ0) is 11.8. The maximum Gasteiger partial charge on any atom is 0.239 e. The van der Waals surface area contributed by atoms with E-state index in [1.807, 2.05) is 4.90 Å². The van der Waals surface area contributed by atoms with E-state index in [0.29, 0.717) is 6.04 Å². The van der Waals surface area contributed by atoms with Gasteiger partial charge in [-0.3, -0.25) is 4.79 Å². The fraction of sp³-hybridized carbons (Fsp3) is 0.500. The third-order valence-corrected chi connectivity index (χ3v) is 4.04. The Kier molecular flexibility index (Phi) is 2.63. The van der Waals surface area contributed by atoms with E-state index in [2.05, 4.69) is 24.3 Å². The van der Waals surface area contributed by atoms with Gasteiger partial charge in [0, 0.05) is 12.6 Å². The fourth-order valence-electron chi connectivity index (χ4n) is 3.03. The molecule has 1 heterocycles. The van der Waals surface area contributed by atoms with Gasteiger partial charge in [0.05, 0.1) is 6.04 Å². The predicted molar refractivity (Wildman–Crippen MR) is 66.6 cm³/mol. The maximum absolute atomic E-state index is 11.9. The molecule has 2 unspecified atom stereocenters. The number of amides is 1. The minimum Gasteiger partial charge on any atom is -0.338 e. The van der Waals surface area contributed by atoms with Gasteiger partial charge in [-0.05, 0) is 36.8 Å². The second-order valence-corrected chi connectivity index (χ2v) is 5.09. The summed E-state index contributed by atoms with van der Waals surface area (Å²) in [6.45, 7) is 0.840. The van der Waals surface area contributed by atoms with E-state index >= 15 is 0 Å². The molecule has 1 aliphatic carbocycles. The van der Waals surface area contributed by atoms with Crippen LogP contribution in [0.15, 0.2) is 24.3 Å². The molecule has 1 saturated heterocycles. The van der Waals surface area contributed by atoms with Crippen LogP contribution in [0.3, 0.4) is 0 Å². The molecule has 1 aromatic carbocycles. The second-order valence-electron chi connectivity index (χ2n) is 5.09. The average Bonchev–Trinajstić information content (AvgIpc) is 2.70.